The smallest absolute Gasteiger partial charge is 0.417 e. The van der Waals surface area contributed by atoms with Crippen molar-refractivity contribution in [1.29, 1.82) is 0 Å². The summed E-state index contributed by atoms with van der Waals surface area (Å²) in [6, 6.07) is 7.47. The van der Waals surface area contributed by atoms with Crippen LogP contribution in [0, 0.1) is 10.7 Å². The van der Waals surface area contributed by atoms with E-state index in [0.29, 0.717) is 5.75 Å². The van der Waals surface area contributed by atoms with Crippen molar-refractivity contribution in [2.75, 3.05) is 0 Å². The maximum absolute atomic E-state index is 12.9. The van der Waals surface area contributed by atoms with Crippen LogP contribution in [0.5, 0.6) is 11.5 Å². The van der Waals surface area contributed by atoms with Crippen LogP contribution >= 0.6 is 80.4 Å². The largest absolute Gasteiger partial charge is 0.456 e. The van der Waals surface area contributed by atoms with E-state index in [1.165, 1.54) is 12.1 Å². The van der Waals surface area contributed by atoms with Crippen LogP contribution in [0.3, 0.4) is 0 Å². The molecule has 0 aliphatic carbocycles. The van der Waals surface area contributed by atoms with Crippen molar-refractivity contribution >= 4 is 80.4 Å². The molecule has 0 heterocycles. The molecule has 1 nitrogen and oxygen atoms in total. The summed E-state index contributed by atoms with van der Waals surface area (Å²) in [7, 11) is 0. The van der Waals surface area contributed by atoms with Crippen LogP contribution in [0.25, 0.3) is 0 Å². The van der Waals surface area contributed by atoms with E-state index in [0.717, 1.165) is 16.8 Å². The Kier molecular flexibility index (Phi) is 5.96. The number of benzene rings is 2. The molecule has 0 unspecified atom stereocenters. The number of thiol groups is 1. The van der Waals surface area contributed by atoms with Crippen LogP contribution in [0.4, 0.5) is 13.2 Å². The first kappa shape index (κ1) is 17.9. The van der Waals surface area contributed by atoms with Crippen molar-refractivity contribution in [1.82, 2.24) is 0 Å². The Hall–Kier alpha value is 0.570. The SMILES string of the molecule is FC(F)(F)c1cc(Oc2cc(I)cc(I)c2I)ccc1S. The molecule has 0 amide bonds. The molecule has 2 rings (SSSR count). The van der Waals surface area contributed by atoms with Crippen LogP contribution in [0.2, 0.25) is 0 Å². The number of alkyl halides is 3. The van der Waals surface area contributed by atoms with E-state index in [9.17, 15) is 13.2 Å². The first-order valence-corrected chi connectivity index (χ1v) is 9.09. The van der Waals surface area contributed by atoms with Crippen LogP contribution in [0.15, 0.2) is 35.2 Å². The summed E-state index contributed by atoms with van der Waals surface area (Å²) in [4.78, 5) is -0.123. The minimum Gasteiger partial charge on any atom is -0.456 e. The molecule has 0 saturated heterocycles. The zero-order valence-corrected chi connectivity index (χ0v) is 17.4. The van der Waals surface area contributed by atoms with Gasteiger partial charge in [-0.1, -0.05) is 0 Å². The van der Waals surface area contributed by atoms with Crippen LogP contribution < -0.4 is 4.74 Å². The summed E-state index contributed by atoms with van der Waals surface area (Å²) < 4.78 is 47.0. The van der Waals surface area contributed by atoms with Crippen LogP contribution in [-0.2, 0) is 6.18 Å². The quantitative estimate of drug-likeness (QED) is 0.220. The van der Waals surface area contributed by atoms with Crippen molar-refractivity contribution in [3.05, 3.63) is 46.6 Å². The van der Waals surface area contributed by atoms with E-state index in [1.54, 1.807) is 6.07 Å². The zero-order chi connectivity index (χ0) is 15.8. The molecule has 0 aliphatic rings. The summed E-state index contributed by atoms with van der Waals surface area (Å²) >= 11 is 10.2. The second kappa shape index (κ2) is 6.99. The summed E-state index contributed by atoms with van der Waals surface area (Å²) in [5, 5.41) is 0. The van der Waals surface area contributed by atoms with Crippen molar-refractivity contribution in [3.8, 4) is 11.5 Å². The van der Waals surface area contributed by atoms with Gasteiger partial charge in [0.1, 0.15) is 11.5 Å². The molecule has 0 fully saturated rings. The third kappa shape index (κ3) is 4.53. The van der Waals surface area contributed by atoms with Gasteiger partial charge in [-0.15, -0.1) is 12.6 Å². The number of hydrogen-bond donors (Lipinski definition) is 1. The van der Waals surface area contributed by atoms with Gasteiger partial charge in [0.15, 0.2) is 0 Å². The third-order valence-electron chi connectivity index (χ3n) is 2.46. The molecule has 0 aliphatic heterocycles. The Morgan fingerprint density at radius 3 is 2.29 bits per heavy atom. The van der Waals surface area contributed by atoms with Gasteiger partial charge >= 0.3 is 6.18 Å². The van der Waals surface area contributed by atoms with E-state index in [2.05, 4.69) is 80.4 Å². The fourth-order valence-electron chi connectivity index (χ4n) is 1.54. The average Bonchev–Trinajstić information content (AvgIpc) is 2.36. The molecule has 0 saturated carbocycles. The highest BCUT2D eigenvalue weighted by molar-refractivity contribution is 14.1. The van der Waals surface area contributed by atoms with Gasteiger partial charge < -0.3 is 4.74 Å². The van der Waals surface area contributed by atoms with E-state index >= 15 is 0 Å². The van der Waals surface area contributed by atoms with Gasteiger partial charge in [-0.2, -0.15) is 13.2 Å². The minimum absolute atomic E-state index is 0.123. The monoisotopic (exact) mass is 648 g/mol. The minimum atomic E-state index is -4.46. The molecule has 0 radical (unpaired) electrons. The van der Waals surface area contributed by atoms with Crippen molar-refractivity contribution < 1.29 is 17.9 Å². The highest BCUT2D eigenvalue weighted by Gasteiger charge is 2.33. The standard InChI is InChI=1S/C13H6F3I3OS/c14-13(15,16)8-5-7(1-2-11(8)21)20-10-4-6(17)3-9(18)12(10)19/h1-5,21H. The molecule has 0 atom stereocenters. The van der Waals surface area contributed by atoms with Gasteiger partial charge in [-0.25, -0.2) is 0 Å². The normalized spacial score (nSPS) is 11.6. The lowest BCUT2D eigenvalue weighted by Crippen LogP contribution is -2.06. The highest BCUT2D eigenvalue weighted by Crippen LogP contribution is 2.38. The van der Waals surface area contributed by atoms with Gasteiger partial charge in [-0.3, -0.25) is 0 Å². The Bertz CT molecular complexity index is 689. The Morgan fingerprint density at radius 2 is 1.67 bits per heavy atom. The molecule has 21 heavy (non-hydrogen) atoms. The van der Waals surface area contributed by atoms with Gasteiger partial charge in [0.25, 0.3) is 0 Å². The van der Waals surface area contributed by atoms with E-state index in [-0.39, 0.29) is 10.6 Å². The summed E-state index contributed by atoms with van der Waals surface area (Å²) in [6.07, 6.45) is -4.46. The van der Waals surface area contributed by atoms with Gasteiger partial charge in [0.05, 0.1) is 9.13 Å². The average molecular weight is 648 g/mol. The summed E-state index contributed by atoms with van der Waals surface area (Å²) in [5.41, 5.74) is -0.807. The predicted molar refractivity (Wildman–Crippen MR) is 103 cm³/mol. The Morgan fingerprint density at radius 1 is 1.00 bits per heavy atom. The van der Waals surface area contributed by atoms with Crippen molar-refractivity contribution in [3.63, 3.8) is 0 Å². The van der Waals surface area contributed by atoms with E-state index < -0.39 is 11.7 Å². The van der Waals surface area contributed by atoms with Gasteiger partial charge in [0.2, 0.25) is 0 Å². The second-order valence-corrected chi connectivity index (χ2v) is 7.95. The number of rotatable bonds is 2. The second-order valence-electron chi connectivity index (χ2n) is 3.98. The summed E-state index contributed by atoms with van der Waals surface area (Å²) in [5.74, 6) is 0.669. The van der Waals surface area contributed by atoms with Gasteiger partial charge in [0, 0.05) is 12.0 Å². The summed E-state index contributed by atoms with van der Waals surface area (Å²) in [6.45, 7) is 0. The van der Waals surface area contributed by atoms with E-state index in [1.807, 2.05) is 6.07 Å². The molecule has 0 N–H and O–H groups in total. The molecule has 2 aromatic carbocycles. The Balaban J connectivity index is 2.41. The first-order chi connectivity index (χ1) is 9.68. The topological polar surface area (TPSA) is 9.23 Å². The van der Waals surface area contributed by atoms with Crippen molar-refractivity contribution in [2.24, 2.45) is 0 Å². The third-order valence-corrected chi connectivity index (χ3v) is 6.47. The van der Waals surface area contributed by atoms with Crippen molar-refractivity contribution in [2.45, 2.75) is 11.1 Å². The maximum Gasteiger partial charge on any atom is 0.417 e. The number of hydrogen-bond acceptors (Lipinski definition) is 2. The van der Waals surface area contributed by atoms with Gasteiger partial charge in [-0.05, 0) is 98.1 Å². The molecule has 8 heteroatoms. The molecule has 112 valence electrons. The molecule has 0 bridgehead atoms. The molecular formula is C13H6F3I3OS. The highest BCUT2D eigenvalue weighted by atomic mass is 127. The van der Waals surface area contributed by atoms with Crippen LogP contribution in [-0.4, -0.2) is 0 Å². The predicted octanol–water partition coefficient (Wildman–Crippen LogP) is 6.60. The fourth-order valence-corrected chi connectivity index (χ4v) is 4.02. The zero-order valence-electron chi connectivity index (χ0n) is 10.0. The lowest BCUT2D eigenvalue weighted by Gasteiger charge is -2.13. The first-order valence-electron chi connectivity index (χ1n) is 5.41. The maximum atomic E-state index is 12.9. The van der Waals surface area contributed by atoms with Crippen LogP contribution in [0.1, 0.15) is 5.56 Å². The Labute approximate surface area is 165 Å². The molecule has 0 aromatic heterocycles. The van der Waals surface area contributed by atoms with E-state index in [4.69, 9.17) is 4.74 Å². The number of ether oxygens (including phenoxy) is 1. The fraction of sp³-hybridized carbons (Fsp3) is 0.0769. The molecular weight excluding hydrogens is 642 g/mol. The lowest BCUT2D eigenvalue weighted by atomic mass is 10.2. The molecule has 0 spiro atoms. The number of halogens is 6. The molecule has 2 aromatic rings. The lowest BCUT2D eigenvalue weighted by molar-refractivity contribution is -0.139.